The van der Waals surface area contributed by atoms with E-state index in [2.05, 4.69) is 4.36 Å². The maximum atomic E-state index is 14.5. The molecule has 1 amide bonds. The van der Waals surface area contributed by atoms with E-state index < -0.39 is 18.4 Å². The third kappa shape index (κ3) is 5.86. The molecule has 4 nitrogen and oxygen atoms in total. The Morgan fingerprint density at radius 3 is 2.38 bits per heavy atom. The van der Waals surface area contributed by atoms with Crippen LogP contribution in [0.4, 0.5) is 4.39 Å². The van der Waals surface area contributed by atoms with E-state index in [1.54, 1.807) is 52.6 Å². The number of nitrogens with zero attached hydrogens (tertiary/aromatic N) is 1. The van der Waals surface area contributed by atoms with E-state index in [9.17, 15) is 18.5 Å². The molecule has 0 aliphatic rings. The summed E-state index contributed by atoms with van der Waals surface area (Å²) in [5.74, 6) is -0.855. The van der Waals surface area contributed by atoms with E-state index >= 15 is 0 Å². The predicted molar refractivity (Wildman–Crippen MR) is 126 cm³/mol. The Bertz CT molecular complexity index is 1030. The van der Waals surface area contributed by atoms with Gasteiger partial charge in [0.2, 0.25) is 0 Å². The number of amides is 1. The monoisotopic (exact) mass is 551 g/mol. The Morgan fingerprint density at radius 1 is 1.28 bits per heavy atom. The molecule has 0 radical (unpaired) electrons. The first-order valence-corrected chi connectivity index (χ1v) is 14.3. The number of thiophene rings is 1. The summed E-state index contributed by atoms with van der Waals surface area (Å²) in [6, 6.07) is 4.78. The van der Waals surface area contributed by atoms with Gasteiger partial charge in [0.25, 0.3) is 5.91 Å². The molecular weight excluding hydrogens is 524 g/mol. The van der Waals surface area contributed by atoms with E-state index in [0.717, 1.165) is 5.56 Å². The molecular formula is C21H27FINO3S2. The summed E-state index contributed by atoms with van der Waals surface area (Å²) in [7, 11) is 0. The minimum Gasteiger partial charge on any atom is -0.386 e. The molecule has 0 fully saturated rings. The first-order chi connectivity index (χ1) is 13.2. The summed E-state index contributed by atoms with van der Waals surface area (Å²) in [4.78, 5) is 12.7. The standard InChI is InChI=1S/C21H27FINO3S2/c1-12(2)15-7-8-17(22)20(13(3)4)16(15)10-18(25)24-29(23,27)19-9-14(11-28-19)21(5,6)26/h7-9,11-13,26H,10H2,1-6H3/t29-/m1/s1. The fourth-order valence-corrected chi connectivity index (χ4v) is 7.33. The van der Waals surface area contributed by atoms with Gasteiger partial charge in [-0.25, -0.2) is 8.60 Å². The Hall–Kier alpha value is -0.840. The topological polar surface area (TPSA) is 66.7 Å². The number of hydrogen-bond donors (Lipinski definition) is 1. The molecule has 2 rings (SSSR count). The van der Waals surface area contributed by atoms with Gasteiger partial charge in [-0.05, 0) is 65.4 Å². The van der Waals surface area contributed by atoms with Gasteiger partial charge in [-0.2, -0.15) is 0 Å². The van der Waals surface area contributed by atoms with Gasteiger partial charge < -0.3 is 5.11 Å². The second kappa shape index (κ2) is 9.11. The van der Waals surface area contributed by atoms with Crippen LogP contribution >= 0.6 is 32.5 Å². The quantitative estimate of drug-likeness (QED) is 0.338. The number of carbonyl (C=O) groups excluding carboxylic acids is 1. The number of benzene rings is 1. The first-order valence-electron chi connectivity index (χ1n) is 9.36. The summed E-state index contributed by atoms with van der Waals surface area (Å²) in [6.45, 7) is 8.06. The Morgan fingerprint density at radius 2 is 1.90 bits per heavy atom. The minimum absolute atomic E-state index is 0.0907. The molecule has 29 heavy (non-hydrogen) atoms. The summed E-state index contributed by atoms with van der Waals surface area (Å²) in [5, 5.41) is 11.8. The molecule has 1 aromatic carbocycles. The van der Waals surface area contributed by atoms with E-state index in [-0.39, 0.29) is 24.1 Å². The van der Waals surface area contributed by atoms with Gasteiger partial charge in [0.1, 0.15) is 16.9 Å². The second-order valence-electron chi connectivity index (χ2n) is 8.17. The zero-order valence-corrected chi connectivity index (χ0v) is 21.2. The van der Waals surface area contributed by atoms with Crippen molar-refractivity contribution in [3.8, 4) is 0 Å². The molecule has 0 saturated heterocycles. The lowest BCUT2D eigenvalue weighted by Gasteiger charge is -2.19. The van der Waals surface area contributed by atoms with Crippen LogP contribution in [0.2, 0.25) is 0 Å². The van der Waals surface area contributed by atoms with E-state index in [4.69, 9.17) is 0 Å². The molecule has 160 valence electrons. The molecule has 0 bridgehead atoms. The fourth-order valence-electron chi connectivity index (χ4n) is 3.14. The third-order valence-electron chi connectivity index (χ3n) is 4.62. The molecule has 1 N–H and O–H groups in total. The Labute approximate surface area is 188 Å². The first kappa shape index (κ1) is 24.4. The lowest BCUT2D eigenvalue weighted by Crippen LogP contribution is -2.14. The van der Waals surface area contributed by atoms with Crippen molar-refractivity contribution in [3.05, 3.63) is 51.7 Å². The second-order valence-corrected chi connectivity index (χ2v) is 14.5. The highest BCUT2D eigenvalue weighted by Gasteiger charge is 2.23. The number of carbonyl (C=O) groups is 1. The number of rotatable bonds is 6. The third-order valence-corrected chi connectivity index (χ3v) is 10.3. The summed E-state index contributed by atoms with van der Waals surface area (Å²) in [6.07, 6.45) is -0.0947. The molecule has 0 unspecified atom stereocenters. The average Bonchev–Trinajstić information content (AvgIpc) is 3.04. The van der Waals surface area contributed by atoms with Gasteiger partial charge in [-0.15, -0.1) is 15.7 Å². The Kier molecular flexibility index (Phi) is 7.68. The molecule has 1 heterocycles. The van der Waals surface area contributed by atoms with Gasteiger partial charge in [0, 0.05) is 0 Å². The van der Waals surface area contributed by atoms with Crippen LogP contribution in [-0.4, -0.2) is 15.2 Å². The van der Waals surface area contributed by atoms with Crippen LogP contribution in [0.5, 0.6) is 0 Å². The van der Waals surface area contributed by atoms with Crippen molar-refractivity contribution in [2.24, 2.45) is 4.36 Å². The summed E-state index contributed by atoms with van der Waals surface area (Å²) < 4.78 is 32.0. The van der Waals surface area contributed by atoms with E-state index in [0.29, 0.717) is 20.9 Å². The highest BCUT2D eigenvalue weighted by molar-refractivity contribution is 14.2. The fraction of sp³-hybridized carbons (Fsp3) is 0.476. The zero-order valence-electron chi connectivity index (χ0n) is 17.5. The summed E-state index contributed by atoms with van der Waals surface area (Å²) in [5.41, 5.74) is 1.61. The molecule has 2 aromatic rings. The van der Waals surface area contributed by atoms with Crippen molar-refractivity contribution in [2.45, 2.75) is 69.6 Å². The minimum atomic E-state index is -2.99. The van der Waals surface area contributed by atoms with Crippen molar-refractivity contribution < 1.29 is 18.5 Å². The van der Waals surface area contributed by atoms with Gasteiger partial charge in [0.15, 0.2) is 0 Å². The van der Waals surface area contributed by atoms with E-state index in [1.807, 2.05) is 27.7 Å². The van der Waals surface area contributed by atoms with Crippen LogP contribution < -0.4 is 0 Å². The molecule has 1 aromatic heterocycles. The van der Waals surface area contributed by atoms with Crippen LogP contribution in [0.25, 0.3) is 0 Å². The van der Waals surface area contributed by atoms with Gasteiger partial charge >= 0.3 is 0 Å². The van der Waals surface area contributed by atoms with Crippen LogP contribution in [0.3, 0.4) is 0 Å². The molecule has 0 aliphatic carbocycles. The molecule has 0 saturated carbocycles. The normalized spacial score (nSPS) is 14.3. The lowest BCUT2D eigenvalue weighted by molar-refractivity contribution is -0.117. The van der Waals surface area contributed by atoms with Gasteiger partial charge in [-0.1, -0.05) is 33.8 Å². The number of hydrogen-bond acceptors (Lipinski definition) is 4. The van der Waals surface area contributed by atoms with Crippen LogP contribution in [0.1, 0.15) is 75.6 Å². The van der Waals surface area contributed by atoms with E-state index in [1.165, 1.54) is 17.4 Å². The van der Waals surface area contributed by atoms with Crippen molar-refractivity contribution >= 4 is 45.3 Å². The molecule has 0 spiro atoms. The Balaban J connectivity index is 2.46. The maximum absolute atomic E-state index is 14.5. The highest BCUT2D eigenvalue weighted by Crippen LogP contribution is 2.34. The largest absolute Gasteiger partial charge is 0.386 e. The average molecular weight is 551 g/mol. The van der Waals surface area contributed by atoms with Crippen molar-refractivity contribution in [2.75, 3.05) is 0 Å². The zero-order chi connectivity index (χ0) is 22.1. The van der Waals surface area contributed by atoms with Crippen LogP contribution in [0, 0.1) is 5.82 Å². The highest BCUT2D eigenvalue weighted by atomic mass is 127. The van der Waals surface area contributed by atoms with Crippen molar-refractivity contribution in [1.29, 1.82) is 0 Å². The molecule has 1 atom stereocenters. The summed E-state index contributed by atoms with van der Waals surface area (Å²) >= 11 is 2.89. The van der Waals surface area contributed by atoms with Crippen molar-refractivity contribution in [3.63, 3.8) is 0 Å². The number of aliphatic hydroxyl groups is 1. The predicted octanol–water partition coefficient (Wildman–Crippen LogP) is 6.31. The van der Waals surface area contributed by atoms with Gasteiger partial charge in [-0.3, -0.25) is 4.79 Å². The maximum Gasteiger partial charge on any atom is 0.259 e. The smallest absolute Gasteiger partial charge is 0.259 e. The van der Waals surface area contributed by atoms with Gasteiger partial charge in [0.05, 0.1) is 33.2 Å². The van der Waals surface area contributed by atoms with Crippen LogP contribution in [0.15, 0.2) is 32.2 Å². The molecule has 0 aliphatic heterocycles. The van der Waals surface area contributed by atoms with Crippen LogP contribution in [-0.2, 0) is 23.7 Å². The van der Waals surface area contributed by atoms with Crippen molar-refractivity contribution in [1.82, 2.24) is 0 Å². The lowest BCUT2D eigenvalue weighted by atomic mass is 9.86. The number of halogens is 2. The molecule has 8 heteroatoms. The SMILES string of the molecule is CC(C)c1ccc(F)c(C(C)C)c1CC(=O)N=[S@](=O)(I)c1cc(C(C)(C)O)cs1.